The average molecular weight is 468 g/mol. The number of rotatable bonds is 2. The minimum absolute atomic E-state index is 0.223. The molecule has 1 aromatic carbocycles. The third-order valence-corrected chi connectivity index (χ3v) is 4.73. The Labute approximate surface area is 140 Å². The molecule has 1 aromatic heterocycles. The molecule has 0 spiro atoms. The minimum atomic E-state index is -4.39. The van der Waals surface area contributed by atoms with Gasteiger partial charge in [-0.15, -0.1) is 0 Å². The molecule has 0 saturated carbocycles. The minimum Gasteiger partial charge on any atom is -0.450 e. The molecule has 1 heterocycles. The molecule has 2 rings (SSSR count). The second-order valence-corrected chi connectivity index (χ2v) is 5.85. The maximum atomic E-state index is 12.5. The molecule has 0 saturated heterocycles. The molecule has 0 radical (unpaired) electrons. The first-order valence-electron chi connectivity index (χ1n) is 5.55. The predicted octanol–water partition coefficient (Wildman–Crippen LogP) is 5.73. The predicted molar refractivity (Wildman–Crippen MR) is 84.1 cm³/mol. The number of halogens is 5. The highest BCUT2D eigenvalue weighted by Crippen LogP contribution is 2.31. The van der Waals surface area contributed by atoms with Gasteiger partial charge in [0.2, 0.25) is 0 Å². The van der Waals surface area contributed by atoms with Crippen LogP contribution in [0, 0.1) is 15.1 Å². The summed E-state index contributed by atoms with van der Waals surface area (Å²) < 4.78 is 44.2. The lowest BCUT2D eigenvalue weighted by molar-refractivity contribution is -0.137. The summed E-state index contributed by atoms with van der Waals surface area (Å²) in [4.78, 5) is 0. The van der Waals surface area contributed by atoms with Gasteiger partial charge in [0, 0.05) is 22.6 Å². The summed E-state index contributed by atoms with van der Waals surface area (Å²) in [6, 6.07) is 8.06. The molecule has 2 aromatic rings. The molecule has 2 nitrogen and oxygen atoms in total. The summed E-state index contributed by atoms with van der Waals surface area (Å²) in [5.74, 6) is 0.447. The standard InChI is InChI=1S/C14H6BrF3INO/c15-12-6-11(21-13(12)19)5-9(7-20)8-1-3-10(4-2-8)14(16,17)18/h1-6H/b9-5-. The van der Waals surface area contributed by atoms with E-state index in [1.54, 1.807) is 6.07 Å². The van der Waals surface area contributed by atoms with Crippen molar-refractivity contribution in [2.75, 3.05) is 0 Å². The third-order valence-electron chi connectivity index (χ3n) is 2.59. The fourth-order valence-electron chi connectivity index (χ4n) is 1.60. The van der Waals surface area contributed by atoms with Crippen LogP contribution in [0.1, 0.15) is 16.9 Å². The van der Waals surface area contributed by atoms with Crippen LogP contribution < -0.4 is 0 Å². The van der Waals surface area contributed by atoms with E-state index in [1.807, 2.05) is 28.7 Å². The number of hydrogen-bond acceptors (Lipinski definition) is 2. The highest BCUT2D eigenvalue weighted by atomic mass is 127. The van der Waals surface area contributed by atoms with Crippen LogP contribution >= 0.6 is 38.5 Å². The van der Waals surface area contributed by atoms with Gasteiger partial charge in [-0.1, -0.05) is 12.1 Å². The number of furan rings is 1. The Morgan fingerprint density at radius 2 is 1.90 bits per heavy atom. The largest absolute Gasteiger partial charge is 0.450 e. The summed E-state index contributed by atoms with van der Waals surface area (Å²) in [6.45, 7) is 0. The van der Waals surface area contributed by atoms with Crippen LogP contribution in [0.3, 0.4) is 0 Å². The number of alkyl halides is 3. The van der Waals surface area contributed by atoms with E-state index in [9.17, 15) is 13.2 Å². The molecule has 0 N–H and O–H groups in total. The normalized spacial score (nSPS) is 12.3. The van der Waals surface area contributed by atoms with Gasteiger partial charge in [-0.3, -0.25) is 0 Å². The van der Waals surface area contributed by atoms with E-state index >= 15 is 0 Å². The Bertz CT molecular complexity index is 707. The van der Waals surface area contributed by atoms with Gasteiger partial charge in [0.1, 0.15) is 5.76 Å². The molecule has 108 valence electrons. The number of benzene rings is 1. The summed E-state index contributed by atoms with van der Waals surface area (Å²) in [5.41, 5.74) is -0.131. The van der Waals surface area contributed by atoms with Gasteiger partial charge in [0.15, 0.2) is 3.77 Å². The van der Waals surface area contributed by atoms with Gasteiger partial charge >= 0.3 is 6.18 Å². The first-order chi connectivity index (χ1) is 9.81. The third kappa shape index (κ3) is 3.89. The average Bonchev–Trinajstić information content (AvgIpc) is 2.74. The van der Waals surface area contributed by atoms with Gasteiger partial charge in [-0.25, -0.2) is 0 Å². The van der Waals surface area contributed by atoms with Crippen LogP contribution in [0.15, 0.2) is 39.2 Å². The lowest BCUT2D eigenvalue weighted by atomic mass is 10.0. The van der Waals surface area contributed by atoms with Crippen molar-refractivity contribution in [3.05, 3.63) is 55.5 Å². The van der Waals surface area contributed by atoms with Crippen molar-refractivity contribution in [1.29, 1.82) is 5.26 Å². The molecule has 0 aliphatic rings. The van der Waals surface area contributed by atoms with Gasteiger partial charge in [0.25, 0.3) is 0 Å². The summed E-state index contributed by atoms with van der Waals surface area (Å²) in [6.07, 6.45) is -2.91. The first-order valence-corrected chi connectivity index (χ1v) is 7.42. The maximum absolute atomic E-state index is 12.5. The first kappa shape index (κ1) is 16.1. The zero-order valence-corrected chi connectivity index (χ0v) is 14.0. The number of nitriles is 1. The lowest BCUT2D eigenvalue weighted by Crippen LogP contribution is -2.04. The Morgan fingerprint density at radius 3 is 2.33 bits per heavy atom. The van der Waals surface area contributed by atoms with Crippen molar-refractivity contribution >= 4 is 50.2 Å². The zero-order chi connectivity index (χ0) is 15.6. The lowest BCUT2D eigenvalue weighted by Gasteiger charge is -2.06. The Hall–Kier alpha value is -1.27. The van der Waals surface area contributed by atoms with Gasteiger partial charge in [-0.2, -0.15) is 18.4 Å². The molecule has 0 fully saturated rings. The number of allylic oxidation sites excluding steroid dienone is 1. The quantitative estimate of drug-likeness (QED) is 0.417. The highest BCUT2D eigenvalue weighted by Gasteiger charge is 2.30. The number of hydrogen-bond donors (Lipinski definition) is 0. The van der Waals surface area contributed by atoms with E-state index < -0.39 is 11.7 Å². The summed E-state index contributed by atoms with van der Waals surface area (Å²) in [5, 5.41) is 9.15. The Balaban J connectivity index is 2.36. The molecular formula is C14H6BrF3INO. The fraction of sp³-hybridized carbons (Fsp3) is 0.0714. The highest BCUT2D eigenvalue weighted by molar-refractivity contribution is 14.1. The number of nitrogens with zero attached hydrogens (tertiary/aromatic N) is 1. The van der Waals surface area contributed by atoms with E-state index in [4.69, 9.17) is 9.68 Å². The summed E-state index contributed by atoms with van der Waals surface area (Å²) >= 11 is 5.26. The summed E-state index contributed by atoms with van der Waals surface area (Å²) in [7, 11) is 0. The SMILES string of the molecule is N#C/C(=C/c1cc(Br)c(I)o1)c1ccc(C(F)(F)F)cc1. The van der Waals surface area contributed by atoms with Crippen LogP contribution in [-0.2, 0) is 6.18 Å². The maximum Gasteiger partial charge on any atom is 0.416 e. The molecule has 0 bridgehead atoms. The van der Waals surface area contributed by atoms with Crippen molar-refractivity contribution in [2.45, 2.75) is 6.18 Å². The second kappa shape index (κ2) is 6.23. The molecule has 0 unspecified atom stereocenters. The van der Waals surface area contributed by atoms with Crippen LogP contribution in [0.2, 0.25) is 0 Å². The molecule has 0 atom stereocenters. The van der Waals surface area contributed by atoms with E-state index in [1.165, 1.54) is 18.2 Å². The molecule has 21 heavy (non-hydrogen) atoms. The molecule has 0 aliphatic heterocycles. The van der Waals surface area contributed by atoms with Crippen LogP contribution in [0.4, 0.5) is 13.2 Å². The van der Waals surface area contributed by atoms with Crippen LogP contribution in [0.5, 0.6) is 0 Å². The van der Waals surface area contributed by atoms with Gasteiger partial charge < -0.3 is 4.42 Å². The van der Waals surface area contributed by atoms with Crippen molar-refractivity contribution < 1.29 is 17.6 Å². The topological polar surface area (TPSA) is 36.9 Å². The van der Waals surface area contributed by atoms with Crippen molar-refractivity contribution in [1.82, 2.24) is 0 Å². The smallest absolute Gasteiger partial charge is 0.416 e. The van der Waals surface area contributed by atoms with Gasteiger partial charge in [0.05, 0.1) is 21.7 Å². The molecule has 0 amide bonds. The molecule has 0 aliphatic carbocycles. The second-order valence-electron chi connectivity index (χ2n) is 4.02. The van der Waals surface area contributed by atoms with Gasteiger partial charge in [-0.05, 0) is 45.8 Å². The van der Waals surface area contributed by atoms with E-state index in [-0.39, 0.29) is 5.57 Å². The zero-order valence-electron chi connectivity index (χ0n) is 10.2. The van der Waals surface area contributed by atoms with E-state index in [2.05, 4.69) is 15.9 Å². The monoisotopic (exact) mass is 467 g/mol. The van der Waals surface area contributed by atoms with Crippen molar-refractivity contribution in [3.63, 3.8) is 0 Å². The Kier molecular flexibility index (Phi) is 4.78. The van der Waals surface area contributed by atoms with Crippen molar-refractivity contribution in [3.8, 4) is 6.07 Å². The van der Waals surface area contributed by atoms with E-state index in [0.29, 0.717) is 15.1 Å². The van der Waals surface area contributed by atoms with Crippen LogP contribution in [-0.4, -0.2) is 0 Å². The fourth-order valence-corrected chi connectivity index (χ4v) is 2.31. The molecular weight excluding hydrogens is 462 g/mol. The molecule has 7 heteroatoms. The van der Waals surface area contributed by atoms with E-state index in [0.717, 1.165) is 16.6 Å². The Morgan fingerprint density at radius 1 is 1.29 bits per heavy atom. The van der Waals surface area contributed by atoms with Crippen molar-refractivity contribution in [2.24, 2.45) is 0 Å². The van der Waals surface area contributed by atoms with Crippen LogP contribution in [0.25, 0.3) is 11.6 Å².